The Kier molecular flexibility index (Phi) is 6.37. The summed E-state index contributed by atoms with van der Waals surface area (Å²) in [6, 6.07) is 16.0. The summed E-state index contributed by atoms with van der Waals surface area (Å²) in [5.41, 5.74) is 6.62. The summed E-state index contributed by atoms with van der Waals surface area (Å²) >= 11 is 0. The number of carbonyl (C=O) groups is 1. The Hall–Kier alpha value is -3.12. The molecule has 162 valence electrons. The van der Waals surface area contributed by atoms with Gasteiger partial charge in [0.1, 0.15) is 5.75 Å². The third-order valence-electron chi connectivity index (χ3n) is 5.82. The Labute approximate surface area is 183 Å². The predicted molar refractivity (Wildman–Crippen MR) is 119 cm³/mol. The van der Waals surface area contributed by atoms with Gasteiger partial charge in [-0.1, -0.05) is 42.0 Å². The van der Waals surface area contributed by atoms with E-state index in [1.807, 2.05) is 40.9 Å². The fourth-order valence-corrected chi connectivity index (χ4v) is 3.98. The quantitative estimate of drug-likeness (QED) is 0.587. The van der Waals surface area contributed by atoms with Crippen molar-refractivity contribution in [1.82, 2.24) is 14.7 Å². The van der Waals surface area contributed by atoms with Gasteiger partial charge in [0.2, 0.25) is 5.91 Å². The molecular formula is C25H29N3O3. The minimum absolute atomic E-state index is 0.131. The van der Waals surface area contributed by atoms with E-state index < -0.39 is 0 Å². The second-order valence-corrected chi connectivity index (χ2v) is 8.06. The molecule has 0 saturated heterocycles. The lowest BCUT2D eigenvalue weighted by molar-refractivity contribution is -0.131. The normalized spacial score (nSPS) is 13.2. The first-order valence-electron chi connectivity index (χ1n) is 10.6. The average Bonchev–Trinajstić information content (AvgIpc) is 3.10. The number of nitrogens with zero attached hydrogens (tertiary/aromatic N) is 3. The number of aryl methyl sites for hydroxylation is 2. The van der Waals surface area contributed by atoms with Crippen molar-refractivity contribution in [2.75, 3.05) is 13.7 Å². The summed E-state index contributed by atoms with van der Waals surface area (Å²) in [4.78, 5) is 14.8. The number of hydrogen-bond donors (Lipinski definition) is 0. The summed E-state index contributed by atoms with van der Waals surface area (Å²) in [5, 5.41) is 4.67. The summed E-state index contributed by atoms with van der Waals surface area (Å²) in [6.07, 6.45) is 1.20. The van der Waals surface area contributed by atoms with Crippen LogP contribution in [0, 0.1) is 6.92 Å². The molecule has 0 N–H and O–H groups in total. The Morgan fingerprint density at radius 2 is 1.74 bits per heavy atom. The van der Waals surface area contributed by atoms with Crippen molar-refractivity contribution in [3.8, 4) is 5.75 Å². The van der Waals surface area contributed by atoms with Gasteiger partial charge in [-0.05, 0) is 30.2 Å². The predicted octanol–water partition coefficient (Wildman–Crippen LogP) is 3.58. The molecule has 1 aliphatic heterocycles. The van der Waals surface area contributed by atoms with Crippen LogP contribution in [0.15, 0.2) is 48.5 Å². The Morgan fingerprint density at radius 1 is 1.03 bits per heavy atom. The van der Waals surface area contributed by atoms with Crippen LogP contribution in [-0.2, 0) is 49.2 Å². The van der Waals surface area contributed by atoms with E-state index in [0.29, 0.717) is 32.7 Å². The van der Waals surface area contributed by atoms with Gasteiger partial charge in [0.15, 0.2) is 0 Å². The first kappa shape index (κ1) is 21.1. The maximum atomic E-state index is 12.9. The molecule has 3 aromatic rings. The number of fused-ring (bicyclic) bond motifs is 1. The van der Waals surface area contributed by atoms with Gasteiger partial charge in [0, 0.05) is 37.8 Å². The molecule has 0 saturated carbocycles. The molecule has 0 aliphatic carbocycles. The summed E-state index contributed by atoms with van der Waals surface area (Å²) < 4.78 is 13.1. The highest BCUT2D eigenvalue weighted by atomic mass is 16.5. The molecule has 6 heteroatoms. The van der Waals surface area contributed by atoms with Crippen LogP contribution in [0.4, 0.5) is 0 Å². The van der Waals surface area contributed by atoms with Crippen molar-refractivity contribution in [1.29, 1.82) is 0 Å². The lowest BCUT2D eigenvalue weighted by Gasteiger charge is -2.28. The smallest absolute Gasteiger partial charge is 0.227 e. The monoisotopic (exact) mass is 419 g/mol. The van der Waals surface area contributed by atoms with Crippen LogP contribution in [0.25, 0.3) is 0 Å². The lowest BCUT2D eigenvalue weighted by Crippen LogP contribution is -2.37. The molecule has 1 aromatic heterocycles. The van der Waals surface area contributed by atoms with Crippen LogP contribution < -0.4 is 4.74 Å². The molecule has 0 radical (unpaired) electrons. The second-order valence-electron chi connectivity index (χ2n) is 8.06. The zero-order valence-corrected chi connectivity index (χ0v) is 18.4. The highest BCUT2D eigenvalue weighted by molar-refractivity contribution is 5.79. The van der Waals surface area contributed by atoms with Gasteiger partial charge in [-0.15, -0.1) is 0 Å². The molecule has 0 fully saturated rings. The molecule has 0 spiro atoms. The maximum absolute atomic E-state index is 12.9. The van der Waals surface area contributed by atoms with E-state index in [1.165, 1.54) is 11.3 Å². The van der Waals surface area contributed by atoms with E-state index in [1.54, 1.807) is 7.11 Å². The minimum atomic E-state index is 0.131. The van der Waals surface area contributed by atoms with Crippen molar-refractivity contribution >= 4 is 5.91 Å². The number of benzene rings is 2. The molecule has 1 aliphatic rings. The summed E-state index contributed by atoms with van der Waals surface area (Å²) in [6.45, 7) is 4.36. The van der Waals surface area contributed by atoms with Crippen LogP contribution in [-0.4, -0.2) is 34.2 Å². The zero-order chi connectivity index (χ0) is 21.8. The van der Waals surface area contributed by atoms with Crippen LogP contribution in [0.1, 0.15) is 33.6 Å². The highest BCUT2D eigenvalue weighted by Crippen LogP contribution is 2.24. The number of rotatable bonds is 7. The third-order valence-corrected chi connectivity index (χ3v) is 5.82. The number of hydrogen-bond acceptors (Lipinski definition) is 4. The van der Waals surface area contributed by atoms with Crippen molar-refractivity contribution in [2.45, 2.75) is 39.5 Å². The molecule has 31 heavy (non-hydrogen) atoms. The van der Waals surface area contributed by atoms with E-state index >= 15 is 0 Å². The molecule has 0 atom stereocenters. The fraction of sp³-hybridized carbons (Fsp3) is 0.360. The number of methoxy groups -OCH3 is 1. The Morgan fingerprint density at radius 3 is 2.45 bits per heavy atom. The molecule has 1 amide bonds. The van der Waals surface area contributed by atoms with E-state index in [0.717, 1.165) is 34.6 Å². The second kappa shape index (κ2) is 9.35. The SMILES string of the molecule is COc1ccc(CC(=O)N2CCc3c(c(COCc4ccc(C)cc4)nn3C)C2)cc1. The van der Waals surface area contributed by atoms with Crippen molar-refractivity contribution in [3.05, 3.63) is 82.2 Å². The van der Waals surface area contributed by atoms with Crippen LogP contribution in [0.3, 0.4) is 0 Å². The number of amides is 1. The minimum Gasteiger partial charge on any atom is -0.497 e. The standard InChI is InChI=1S/C25H29N3O3/c1-18-4-6-20(7-5-18)16-31-17-23-22-15-28(13-12-24(22)27(2)26-23)25(29)14-19-8-10-21(30-3)11-9-19/h4-11H,12-17H2,1-3H3. The summed E-state index contributed by atoms with van der Waals surface area (Å²) in [5.74, 6) is 0.927. The van der Waals surface area contributed by atoms with Gasteiger partial charge >= 0.3 is 0 Å². The Balaban J connectivity index is 1.39. The fourth-order valence-electron chi connectivity index (χ4n) is 3.98. The highest BCUT2D eigenvalue weighted by Gasteiger charge is 2.26. The molecule has 6 nitrogen and oxygen atoms in total. The molecule has 2 aromatic carbocycles. The Bertz CT molecular complexity index is 1040. The zero-order valence-electron chi connectivity index (χ0n) is 18.4. The first-order chi connectivity index (χ1) is 15.0. The molecule has 0 bridgehead atoms. The number of aromatic nitrogens is 2. The maximum Gasteiger partial charge on any atom is 0.227 e. The van der Waals surface area contributed by atoms with Crippen molar-refractivity contribution < 1.29 is 14.3 Å². The topological polar surface area (TPSA) is 56.6 Å². The van der Waals surface area contributed by atoms with Gasteiger partial charge in [-0.3, -0.25) is 9.48 Å². The van der Waals surface area contributed by atoms with Crippen LogP contribution in [0.5, 0.6) is 5.75 Å². The molecule has 0 unspecified atom stereocenters. The van der Waals surface area contributed by atoms with E-state index in [9.17, 15) is 4.79 Å². The molecule has 4 rings (SSSR count). The average molecular weight is 420 g/mol. The van der Waals surface area contributed by atoms with Gasteiger partial charge in [0.25, 0.3) is 0 Å². The largest absolute Gasteiger partial charge is 0.497 e. The van der Waals surface area contributed by atoms with Crippen molar-refractivity contribution in [3.63, 3.8) is 0 Å². The van der Waals surface area contributed by atoms with E-state index in [2.05, 4.69) is 36.3 Å². The first-order valence-corrected chi connectivity index (χ1v) is 10.6. The van der Waals surface area contributed by atoms with E-state index in [4.69, 9.17) is 9.47 Å². The molecular weight excluding hydrogens is 390 g/mol. The van der Waals surface area contributed by atoms with Crippen molar-refractivity contribution in [2.24, 2.45) is 7.05 Å². The van der Waals surface area contributed by atoms with Gasteiger partial charge in [0.05, 0.1) is 32.4 Å². The van der Waals surface area contributed by atoms with Crippen LogP contribution in [0.2, 0.25) is 0 Å². The number of carbonyl (C=O) groups excluding carboxylic acids is 1. The van der Waals surface area contributed by atoms with Gasteiger partial charge in [-0.25, -0.2) is 0 Å². The summed E-state index contributed by atoms with van der Waals surface area (Å²) in [7, 11) is 3.61. The van der Waals surface area contributed by atoms with E-state index in [-0.39, 0.29) is 5.91 Å². The van der Waals surface area contributed by atoms with Crippen LogP contribution >= 0.6 is 0 Å². The van der Waals surface area contributed by atoms with Gasteiger partial charge in [-0.2, -0.15) is 5.10 Å². The third kappa shape index (κ3) is 4.97. The number of ether oxygens (including phenoxy) is 2. The molecule has 2 heterocycles. The van der Waals surface area contributed by atoms with Gasteiger partial charge < -0.3 is 14.4 Å². The lowest BCUT2D eigenvalue weighted by atomic mass is 10.0.